The molecule has 1 saturated heterocycles. The molecule has 1 saturated carbocycles. The molecule has 1 spiro atoms. The van der Waals surface area contributed by atoms with Crippen LogP contribution in [0.4, 0.5) is 0 Å². The van der Waals surface area contributed by atoms with Gasteiger partial charge in [0.15, 0.2) is 5.79 Å². The molecule has 1 heterocycles. The SMILES string of the molecule is CN(C)C(=O)CCCN(C)C1CCC2(CC1)OCCO2. The molecule has 5 heteroatoms. The van der Waals surface area contributed by atoms with Gasteiger partial charge in [0.1, 0.15) is 0 Å². The first-order chi connectivity index (χ1) is 9.52. The van der Waals surface area contributed by atoms with Crippen LogP contribution < -0.4 is 0 Å². The van der Waals surface area contributed by atoms with Gasteiger partial charge in [-0.2, -0.15) is 0 Å². The zero-order valence-electron chi connectivity index (χ0n) is 13.1. The Morgan fingerprint density at radius 2 is 1.75 bits per heavy atom. The molecule has 0 bridgehead atoms. The number of ether oxygens (including phenoxy) is 2. The summed E-state index contributed by atoms with van der Waals surface area (Å²) >= 11 is 0. The second-order valence-electron chi connectivity index (χ2n) is 6.21. The Labute approximate surface area is 122 Å². The van der Waals surface area contributed by atoms with Crippen LogP contribution in [0.25, 0.3) is 0 Å². The van der Waals surface area contributed by atoms with Crippen LogP contribution in [0.1, 0.15) is 38.5 Å². The Morgan fingerprint density at radius 3 is 2.30 bits per heavy atom. The third kappa shape index (κ3) is 3.93. The molecule has 0 aromatic rings. The summed E-state index contributed by atoms with van der Waals surface area (Å²) in [7, 11) is 5.79. The van der Waals surface area contributed by atoms with Gasteiger partial charge in [-0.15, -0.1) is 0 Å². The van der Waals surface area contributed by atoms with Gasteiger partial charge in [-0.25, -0.2) is 0 Å². The smallest absolute Gasteiger partial charge is 0.222 e. The summed E-state index contributed by atoms with van der Waals surface area (Å²) in [5.74, 6) is -0.0492. The Balaban J connectivity index is 1.66. The second kappa shape index (κ2) is 6.87. The molecule has 20 heavy (non-hydrogen) atoms. The lowest BCUT2D eigenvalue weighted by molar-refractivity contribution is -0.183. The van der Waals surface area contributed by atoms with E-state index in [0.29, 0.717) is 12.5 Å². The normalized spacial score (nSPS) is 22.6. The average Bonchev–Trinajstić information content (AvgIpc) is 2.87. The van der Waals surface area contributed by atoms with Gasteiger partial charge in [0.05, 0.1) is 13.2 Å². The van der Waals surface area contributed by atoms with E-state index in [1.165, 1.54) is 0 Å². The summed E-state index contributed by atoms with van der Waals surface area (Å²) in [6, 6.07) is 0.600. The molecule has 2 fully saturated rings. The molecule has 1 aliphatic carbocycles. The van der Waals surface area contributed by atoms with Gasteiger partial charge >= 0.3 is 0 Å². The Bertz CT molecular complexity index is 317. The van der Waals surface area contributed by atoms with Crippen molar-refractivity contribution in [1.29, 1.82) is 0 Å². The highest BCUT2D eigenvalue weighted by atomic mass is 16.7. The zero-order chi connectivity index (χ0) is 14.6. The molecule has 1 amide bonds. The fourth-order valence-corrected chi connectivity index (χ4v) is 3.15. The summed E-state index contributed by atoms with van der Waals surface area (Å²) in [4.78, 5) is 15.6. The standard InChI is InChI=1S/C15H28N2O3/c1-16(2)14(18)5-4-10-17(3)13-6-8-15(9-7-13)19-11-12-20-15/h13H,4-12H2,1-3H3. The van der Waals surface area contributed by atoms with Crippen molar-refractivity contribution in [1.82, 2.24) is 9.80 Å². The zero-order valence-corrected chi connectivity index (χ0v) is 13.1. The van der Waals surface area contributed by atoms with Crippen molar-refractivity contribution < 1.29 is 14.3 Å². The average molecular weight is 284 g/mol. The molecule has 0 aromatic heterocycles. The molecule has 0 atom stereocenters. The lowest BCUT2D eigenvalue weighted by Gasteiger charge is -2.39. The fraction of sp³-hybridized carbons (Fsp3) is 0.933. The number of carbonyl (C=O) groups is 1. The highest BCUT2D eigenvalue weighted by Crippen LogP contribution is 2.37. The summed E-state index contributed by atoms with van der Waals surface area (Å²) in [6.07, 6.45) is 5.82. The maximum atomic E-state index is 11.5. The van der Waals surface area contributed by atoms with E-state index in [4.69, 9.17) is 9.47 Å². The number of carbonyl (C=O) groups excluding carboxylic acids is 1. The summed E-state index contributed by atoms with van der Waals surface area (Å²) in [6.45, 7) is 2.47. The number of rotatable bonds is 5. The molecule has 116 valence electrons. The molecule has 1 aliphatic heterocycles. The number of hydrogen-bond donors (Lipinski definition) is 0. The van der Waals surface area contributed by atoms with Gasteiger partial charge in [-0.1, -0.05) is 0 Å². The summed E-state index contributed by atoms with van der Waals surface area (Å²) in [5.41, 5.74) is 0. The number of hydrogen-bond acceptors (Lipinski definition) is 4. The van der Waals surface area contributed by atoms with Crippen molar-refractivity contribution in [2.24, 2.45) is 0 Å². The molecule has 2 aliphatic rings. The van der Waals surface area contributed by atoms with Crippen molar-refractivity contribution in [2.45, 2.75) is 50.4 Å². The Morgan fingerprint density at radius 1 is 1.15 bits per heavy atom. The van der Waals surface area contributed by atoms with Crippen LogP contribution in [0.3, 0.4) is 0 Å². The summed E-state index contributed by atoms with van der Waals surface area (Å²) < 4.78 is 11.5. The van der Waals surface area contributed by atoms with Crippen LogP contribution in [0, 0.1) is 0 Å². The predicted molar refractivity (Wildman–Crippen MR) is 77.4 cm³/mol. The van der Waals surface area contributed by atoms with Crippen molar-refractivity contribution in [2.75, 3.05) is 40.9 Å². The lowest BCUT2D eigenvalue weighted by Crippen LogP contribution is -2.43. The summed E-state index contributed by atoms with van der Waals surface area (Å²) in [5, 5.41) is 0. The van der Waals surface area contributed by atoms with Crippen molar-refractivity contribution in [3.8, 4) is 0 Å². The quantitative estimate of drug-likeness (QED) is 0.767. The van der Waals surface area contributed by atoms with Crippen molar-refractivity contribution in [3.63, 3.8) is 0 Å². The van der Waals surface area contributed by atoms with E-state index in [-0.39, 0.29) is 11.7 Å². The molecule has 5 nitrogen and oxygen atoms in total. The Hall–Kier alpha value is -0.650. The number of nitrogens with zero attached hydrogens (tertiary/aromatic N) is 2. The second-order valence-corrected chi connectivity index (χ2v) is 6.21. The first-order valence-electron chi connectivity index (χ1n) is 7.71. The highest BCUT2D eigenvalue weighted by Gasteiger charge is 2.40. The van der Waals surface area contributed by atoms with E-state index < -0.39 is 0 Å². The minimum atomic E-state index is -0.266. The van der Waals surface area contributed by atoms with Crippen LogP contribution >= 0.6 is 0 Å². The first kappa shape index (κ1) is 15.7. The number of amides is 1. The van der Waals surface area contributed by atoms with E-state index >= 15 is 0 Å². The first-order valence-corrected chi connectivity index (χ1v) is 7.71. The minimum Gasteiger partial charge on any atom is -0.349 e. The molecular formula is C15H28N2O3. The maximum Gasteiger partial charge on any atom is 0.222 e. The van der Waals surface area contributed by atoms with Crippen LogP contribution in [0.5, 0.6) is 0 Å². The topological polar surface area (TPSA) is 42.0 Å². The third-order valence-electron chi connectivity index (χ3n) is 4.55. The maximum absolute atomic E-state index is 11.5. The van der Waals surface area contributed by atoms with Crippen LogP contribution in [-0.2, 0) is 14.3 Å². The van der Waals surface area contributed by atoms with Gasteiger partial charge in [-0.3, -0.25) is 4.79 Å². The Kier molecular flexibility index (Phi) is 5.41. The lowest BCUT2D eigenvalue weighted by atomic mass is 9.89. The van der Waals surface area contributed by atoms with Gasteiger partial charge in [0, 0.05) is 39.4 Å². The molecule has 0 aromatic carbocycles. The molecule has 0 unspecified atom stereocenters. The van der Waals surface area contributed by atoms with Crippen LogP contribution in [-0.4, -0.2) is 68.4 Å². The van der Waals surface area contributed by atoms with Gasteiger partial charge in [0.2, 0.25) is 5.91 Å². The van der Waals surface area contributed by atoms with Gasteiger partial charge in [-0.05, 0) is 32.9 Å². The largest absolute Gasteiger partial charge is 0.349 e. The van der Waals surface area contributed by atoms with Gasteiger partial charge in [0.25, 0.3) is 0 Å². The van der Waals surface area contributed by atoms with E-state index in [1.807, 2.05) is 14.1 Å². The minimum absolute atomic E-state index is 0.216. The van der Waals surface area contributed by atoms with E-state index in [0.717, 1.165) is 51.9 Å². The van der Waals surface area contributed by atoms with Crippen molar-refractivity contribution >= 4 is 5.91 Å². The highest BCUT2D eigenvalue weighted by molar-refractivity contribution is 5.75. The molecule has 0 N–H and O–H groups in total. The fourth-order valence-electron chi connectivity index (χ4n) is 3.15. The molecular weight excluding hydrogens is 256 g/mol. The van der Waals surface area contributed by atoms with E-state index in [1.54, 1.807) is 4.90 Å². The van der Waals surface area contributed by atoms with E-state index in [2.05, 4.69) is 11.9 Å². The molecule has 0 radical (unpaired) electrons. The van der Waals surface area contributed by atoms with Crippen molar-refractivity contribution in [3.05, 3.63) is 0 Å². The van der Waals surface area contributed by atoms with Gasteiger partial charge < -0.3 is 19.3 Å². The monoisotopic (exact) mass is 284 g/mol. The molecule has 2 rings (SSSR count). The predicted octanol–water partition coefficient (Wildman–Crippen LogP) is 1.47. The van der Waals surface area contributed by atoms with Crippen LogP contribution in [0.15, 0.2) is 0 Å². The van der Waals surface area contributed by atoms with E-state index in [9.17, 15) is 4.79 Å². The van der Waals surface area contributed by atoms with Crippen LogP contribution in [0.2, 0.25) is 0 Å². The third-order valence-corrected chi connectivity index (χ3v) is 4.55.